The van der Waals surface area contributed by atoms with Crippen LogP contribution in [0.3, 0.4) is 0 Å². The molecule has 4 nitrogen and oxygen atoms in total. The lowest BCUT2D eigenvalue weighted by molar-refractivity contribution is -0.268. The standard InChI is InChI=1S/C7H5F3O4S/c8-7(9,10)15(12,13)14-6-3-1-5(11)2-4-6/h1-4,11H/p-1. The summed E-state index contributed by atoms with van der Waals surface area (Å²) in [6.07, 6.45) is 0. The highest BCUT2D eigenvalue weighted by atomic mass is 32.2. The fraction of sp³-hybridized carbons (Fsp3) is 0.143. The molecule has 0 fully saturated rings. The van der Waals surface area contributed by atoms with Gasteiger partial charge in [-0.15, -0.1) is 5.75 Å². The Bertz CT molecular complexity index is 434. The maximum Gasteiger partial charge on any atom is 0.534 e. The summed E-state index contributed by atoms with van der Waals surface area (Å²) in [5, 5.41) is 10.6. The first-order valence-corrected chi connectivity index (χ1v) is 4.91. The van der Waals surface area contributed by atoms with Crippen LogP contribution in [-0.2, 0) is 10.1 Å². The van der Waals surface area contributed by atoms with Crippen molar-refractivity contribution in [3.05, 3.63) is 24.3 Å². The van der Waals surface area contributed by atoms with Crippen LogP contribution in [0, 0.1) is 0 Å². The lowest BCUT2D eigenvalue weighted by atomic mass is 10.3. The van der Waals surface area contributed by atoms with E-state index < -0.39 is 27.1 Å². The number of benzene rings is 1. The van der Waals surface area contributed by atoms with Crippen molar-refractivity contribution >= 4 is 10.1 Å². The smallest absolute Gasteiger partial charge is 0.534 e. The Kier molecular flexibility index (Phi) is 2.80. The molecule has 1 aromatic rings. The number of halogens is 3. The Morgan fingerprint density at radius 1 is 1.13 bits per heavy atom. The SMILES string of the molecule is O=S(=O)(Oc1ccc([O-])cc1)C(F)(F)F. The summed E-state index contributed by atoms with van der Waals surface area (Å²) in [5.74, 6) is -1.03. The van der Waals surface area contributed by atoms with E-state index in [0.29, 0.717) is 0 Å². The van der Waals surface area contributed by atoms with Gasteiger partial charge in [0.25, 0.3) is 0 Å². The maximum absolute atomic E-state index is 11.8. The molecule has 0 saturated carbocycles. The van der Waals surface area contributed by atoms with Crippen LogP contribution in [0.1, 0.15) is 0 Å². The minimum Gasteiger partial charge on any atom is -0.872 e. The van der Waals surface area contributed by atoms with Crippen LogP contribution in [0.25, 0.3) is 0 Å². The summed E-state index contributed by atoms with van der Waals surface area (Å²) in [4.78, 5) is 0. The summed E-state index contributed by atoms with van der Waals surface area (Å²) in [5.41, 5.74) is -5.48. The van der Waals surface area contributed by atoms with E-state index in [0.717, 1.165) is 24.3 Å². The predicted octanol–water partition coefficient (Wildman–Crippen LogP) is 0.989. The average Bonchev–Trinajstić information content (AvgIpc) is 2.06. The third-order valence-electron chi connectivity index (χ3n) is 1.31. The van der Waals surface area contributed by atoms with Gasteiger partial charge in [0, 0.05) is 0 Å². The van der Waals surface area contributed by atoms with Crippen molar-refractivity contribution < 1.29 is 30.9 Å². The van der Waals surface area contributed by atoms with Gasteiger partial charge >= 0.3 is 15.6 Å². The van der Waals surface area contributed by atoms with E-state index in [4.69, 9.17) is 0 Å². The van der Waals surface area contributed by atoms with Gasteiger partial charge in [-0.1, -0.05) is 12.1 Å². The Hall–Kier alpha value is -1.44. The molecule has 0 spiro atoms. The van der Waals surface area contributed by atoms with Crippen LogP contribution in [0.4, 0.5) is 13.2 Å². The normalized spacial score (nSPS) is 12.5. The summed E-state index contributed by atoms with van der Waals surface area (Å²) in [6, 6.07) is 3.46. The Labute approximate surface area is 83.0 Å². The third-order valence-corrected chi connectivity index (χ3v) is 2.29. The fourth-order valence-corrected chi connectivity index (χ4v) is 1.13. The molecule has 0 unspecified atom stereocenters. The summed E-state index contributed by atoms with van der Waals surface area (Å²) >= 11 is 0. The van der Waals surface area contributed by atoms with Crippen LogP contribution < -0.4 is 9.29 Å². The fourth-order valence-electron chi connectivity index (χ4n) is 0.669. The monoisotopic (exact) mass is 241 g/mol. The molecule has 0 aliphatic carbocycles. The van der Waals surface area contributed by atoms with Gasteiger partial charge in [0.15, 0.2) is 0 Å². The second-order valence-corrected chi connectivity index (χ2v) is 3.99. The molecule has 0 bridgehead atoms. The highest BCUT2D eigenvalue weighted by Gasteiger charge is 2.48. The molecule has 0 aliphatic heterocycles. The van der Waals surface area contributed by atoms with Gasteiger partial charge in [-0.2, -0.15) is 21.6 Å². The molecule has 0 amide bonds. The molecule has 15 heavy (non-hydrogen) atoms. The largest absolute Gasteiger partial charge is 0.872 e. The second-order valence-electron chi connectivity index (χ2n) is 2.45. The first kappa shape index (κ1) is 11.6. The molecule has 0 N–H and O–H groups in total. The summed E-state index contributed by atoms with van der Waals surface area (Å²) < 4.78 is 60.2. The minimum absolute atomic E-state index is 0.466. The summed E-state index contributed by atoms with van der Waals surface area (Å²) in [6.45, 7) is 0. The van der Waals surface area contributed by atoms with Gasteiger partial charge in [0.2, 0.25) is 0 Å². The molecular formula is C7H4F3O4S-. The van der Waals surface area contributed by atoms with Crippen molar-refractivity contribution in [1.29, 1.82) is 0 Å². The van der Waals surface area contributed by atoms with Gasteiger partial charge in [-0.3, -0.25) is 0 Å². The highest BCUT2D eigenvalue weighted by Crippen LogP contribution is 2.27. The molecule has 84 valence electrons. The molecule has 0 radical (unpaired) electrons. The number of alkyl halides is 3. The molecule has 0 aliphatic rings. The first-order chi connectivity index (χ1) is 6.72. The Balaban J connectivity index is 2.93. The van der Waals surface area contributed by atoms with Crippen molar-refractivity contribution in [2.45, 2.75) is 5.51 Å². The number of rotatable bonds is 2. The van der Waals surface area contributed by atoms with Gasteiger partial charge in [0.1, 0.15) is 5.75 Å². The maximum atomic E-state index is 11.8. The van der Waals surface area contributed by atoms with E-state index in [2.05, 4.69) is 4.18 Å². The molecule has 0 aromatic heterocycles. The first-order valence-electron chi connectivity index (χ1n) is 3.50. The molecule has 1 rings (SSSR count). The van der Waals surface area contributed by atoms with E-state index in [1.165, 1.54) is 0 Å². The van der Waals surface area contributed by atoms with Crippen LogP contribution in [0.15, 0.2) is 24.3 Å². The lowest BCUT2D eigenvalue weighted by Crippen LogP contribution is -2.28. The lowest BCUT2D eigenvalue weighted by Gasteiger charge is -2.10. The van der Waals surface area contributed by atoms with Crippen molar-refractivity contribution in [1.82, 2.24) is 0 Å². The van der Waals surface area contributed by atoms with Gasteiger partial charge in [-0.05, 0) is 12.1 Å². The zero-order valence-corrected chi connectivity index (χ0v) is 7.80. The highest BCUT2D eigenvalue weighted by molar-refractivity contribution is 7.87. The van der Waals surface area contributed by atoms with Crippen LogP contribution in [-0.4, -0.2) is 13.9 Å². The second kappa shape index (κ2) is 3.61. The van der Waals surface area contributed by atoms with Gasteiger partial charge < -0.3 is 9.29 Å². The van der Waals surface area contributed by atoms with E-state index >= 15 is 0 Å². The van der Waals surface area contributed by atoms with Crippen LogP contribution in [0.5, 0.6) is 11.5 Å². The van der Waals surface area contributed by atoms with E-state index in [1.54, 1.807) is 0 Å². The van der Waals surface area contributed by atoms with E-state index in [1.807, 2.05) is 0 Å². The molecule has 0 saturated heterocycles. The molecular weight excluding hydrogens is 237 g/mol. The van der Waals surface area contributed by atoms with Crippen LogP contribution in [0.2, 0.25) is 0 Å². The van der Waals surface area contributed by atoms with E-state index in [-0.39, 0.29) is 0 Å². The minimum atomic E-state index is -5.67. The number of hydrogen-bond donors (Lipinski definition) is 0. The van der Waals surface area contributed by atoms with Crippen LogP contribution >= 0.6 is 0 Å². The topological polar surface area (TPSA) is 66.4 Å². The van der Waals surface area contributed by atoms with Crippen molar-refractivity contribution in [2.24, 2.45) is 0 Å². The van der Waals surface area contributed by atoms with Crippen molar-refractivity contribution in [3.8, 4) is 11.5 Å². The third kappa shape index (κ3) is 2.75. The molecule has 8 heteroatoms. The zero-order chi connectivity index (χ0) is 11.7. The van der Waals surface area contributed by atoms with Crippen molar-refractivity contribution in [3.63, 3.8) is 0 Å². The quantitative estimate of drug-likeness (QED) is 0.572. The molecule has 0 atom stereocenters. The molecule has 0 heterocycles. The predicted molar refractivity (Wildman–Crippen MR) is 41.5 cm³/mol. The van der Waals surface area contributed by atoms with E-state index in [9.17, 15) is 26.7 Å². The number of hydrogen-bond acceptors (Lipinski definition) is 4. The summed E-state index contributed by atoms with van der Waals surface area (Å²) in [7, 11) is -5.67. The molecule has 1 aromatic carbocycles. The van der Waals surface area contributed by atoms with Crippen molar-refractivity contribution in [2.75, 3.05) is 0 Å². The zero-order valence-electron chi connectivity index (χ0n) is 6.98. The average molecular weight is 241 g/mol. The Morgan fingerprint density at radius 3 is 2.00 bits per heavy atom. The Morgan fingerprint density at radius 2 is 1.60 bits per heavy atom. The van der Waals surface area contributed by atoms with Gasteiger partial charge in [-0.25, -0.2) is 0 Å². The van der Waals surface area contributed by atoms with Gasteiger partial charge in [0.05, 0.1) is 0 Å².